The minimum Gasteiger partial charge on any atom is -0.493 e. The molecular formula is C25H35NO5. The van der Waals surface area contributed by atoms with Crippen molar-refractivity contribution in [1.29, 1.82) is 0 Å². The summed E-state index contributed by atoms with van der Waals surface area (Å²) >= 11 is 0. The number of para-hydroxylation sites is 1. The molecule has 2 N–H and O–H groups in total. The molecule has 6 heteroatoms. The third kappa shape index (κ3) is 9.75. The number of ether oxygens (including phenoxy) is 3. The summed E-state index contributed by atoms with van der Waals surface area (Å²) in [6.07, 6.45) is 1.56. The Morgan fingerprint density at radius 2 is 1.48 bits per heavy atom. The topological polar surface area (TPSA) is 77.0 Å². The van der Waals surface area contributed by atoms with Gasteiger partial charge in [-0.2, -0.15) is 0 Å². The van der Waals surface area contributed by atoms with Crippen molar-refractivity contribution in [2.45, 2.75) is 58.1 Å². The first kappa shape index (κ1) is 24.5. The van der Waals surface area contributed by atoms with Gasteiger partial charge in [-0.3, -0.25) is 0 Å². The van der Waals surface area contributed by atoms with Crippen LogP contribution in [0.25, 0.3) is 0 Å². The van der Waals surface area contributed by atoms with E-state index in [2.05, 4.69) is 5.32 Å². The van der Waals surface area contributed by atoms with Crippen LogP contribution >= 0.6 is 0 Å². The minimum absolute atomic E-state index is 0.168. The second-order valence-electron chi connectivity index (χ2n) is 8.85. The molecule has 0 aliphatic heterocycles. The zero-order valence-corrected chi connectivity index (χ0v) is 19.0. The highest BCUT2D eigenvalue weighted by Crippen LogP contribution is 2.18. The zero-order chi connectivity index (χ0) is 22.7. The molecule has 2 rings (SSSR count). The normalized spacial score (nSPS) is 13.2. The number of alkyl carbamates (subject to hydrolysis) is 1. The van der Waals surface area contributed by atoms with E-state index in [1.54, 1.807) is 0 Å². The molecule has 2 aromatic rings. The molecule has 31 heavy (non-hydrogen) atoms. The molecule has 2 aromatic carbocycles. The van der Waals surface area contributed by atoms with Gasteiger partial charge >= 0.3 is 6.09 Å². The lowest BCUT2D eigenvalue weighted by Gasteiger charge is -2.30. The summed E-state index contributed by atoms with van der Waals surface area (Å²) in [4.78, 5) is 12.0. The van der Waals surface area contributed by atoms with Gasteiger partial charge in [0.25, 0.3) is 0 Å². The van der Waals surface area contributed by atoms with Crippen LogP contribution in [0.2, 0.25) is 0 Å². The highest BCUT2D eigenvalue weighted by atomic mass is 16.6. The zero-order valence-electron chi connectivity index (χ0n) is 19.0. The Labute approximate surface area is 185 Å². The number of carbonyl (C=O) groups is 1. The Morgan fingerprint density at radius 1 is 0.903 bits per heavy atom. The smallest absolute Gasteiger partial charge is 0.408 e. The average molecular weight is 430 g/mol. The molecule has 0 fully saturated rings. The third-order valence-corrected chi connectivity index (χ3v) is 4.61. The Kier molecular flexibility index (Phi) is 9.19. The van der Waals surface area contributed by atoms with Crippen molar-refractivity contribution in [3.05, 3.63) is 60.2 Å². The molecule has 0 aliphatic rings. The van der Waals surface area contributed by atoms with E-state index >= 15 is 0 Å². The predicted molar refractivity (Wildman–Crippen MR) is 122 cm³/mol. The van der Waals surface area contributed by atoms with Gasteiger partial charge in [-0.15, -0.1) is 0 Å². The largest absolute Gasteiger partial charge is 0.493 e. The lowest BCUT2D eigenvalue weighted by Crippen LogP contribution is -2.50. The first-order valence-electron chi connectivity index (χ1n) is 10.7. The first-order chi connectivity index (χ1) is 14.7. The van der Waals surface area contributed by atoms with E-state index in [1.165, 1.54) is 0 Å². The highest BCUT2D eigenvalue weighted by molar-refractivity contribution is 5.68. The molecule has 0 bridgehead atoms. The molecule has 0 aromatic heterocycles. The maximum atomic E-state index is 12.0. The van der Waals surface area contributed by atoms with Gasteiger partial charge in [0.05, 0.1) is 25.4 Å². The summed E-state index contributed by atoms with van der Waals surface area (Å²) in [5.74, 6) is 1.67. The number of aliphatic hydroxyl groups is 1. The van der Waals surface area contributed by atoms with Crippen molar-refractivity contribution in [1.82, 2.24) is 5.32 Å². The van der Waals surface area contributed by atoms with Gasteiger partial charge in [0.2, 0.25) is 0 Å². The molecule has 1 amide bonds. The predicted octanol–water partition coefficient (Wildman–Crippen LogP) is 4.74. The minimum atomic E-state index is -0.754. The maximum Gasteiger partial charge on any atom is 0.408 e. The van der Waals surface area contributed by atoms with Crippen molar-refractivity contribution < 1.29 is 24.1 Å². The van der Waals surface area contributed by atoms with Gasteiger partial charge in [0, 0.05) is 6.42 Å². The van der Waals surface area contributed by atoms with E-state index in [-0.39, 0.29) is 6.61 Å². The van der Waals surface area contributed by atoms with Crippen molar-refractivity contribution in [3.63, 3.8) is 0 Å². The van der Waals surface area contributed by atoms with Gasteiger partial charge in [0.15, 0.2) is 0 Å². The quantitative estimate of drug-likeness (QED) is 0.505. The molecule has 0 spiro atoms. The lowest BCUT2D eigenvalue weighted by molar-refractivity contribution is 0.0407. The summed E-state index contributed by atoms with van der Waals surface area (Å²) in [7, 11) is 0. The van der Waals surface area contributed by atoms with E-state index in [4.69, 9.17) is 14.2 Å². The fraction of sp³-hybridized carbons (Fsp3) is 0.480. The molecule has 0 heterocycles. The fourth-order valence-electron chi connectivity index (χ4n) is 2.86. The standard InChI is InChI=1S/C25H35NO5/c1-24(2,3)31-23(28)26-25(4,19-27)16-15-20-11-13-22(14-12-20)30-18-8-17-29-21-9-6-5-7-10-21/h5-7,9-14,27H,8,15-19H2,1-4H3,(H,26,28). The number of aliphatic hydroxyl groups excluding tert-OH is 1. The second-order valence-corrected chi connectivity index (χ2v) is 8.85. The van der Waals surface area contributed by atoms with Crippen molar-refractivity contribution in [2.24, 2.45) is 0 Å². The third-order valence-electron chi connectivity index (χ3n) is 4.61. The molecule has 170 valence electrons. The Balaban J connectivity index is 1.72. The number of amides is 1. The van der Waals surface area contributed by atoms with Crippen molar-refractivity contribution in [2.75, 3.05) is 19.8 Å². The van der Waals surface area contributed by atoms with Gasteiger partial charge in [-0.05, 0) is 70.4 Å². The van der Waals surface area contributed by atoms with Crippen LogP contribution in [-0.2, 0) is 11.2 Å². The Morgan fingerprint density at radius 3 is 2.03 bits per heavy atom. The van der Waals surface area contributed by atoms with E-state index in [9.17, 15) is 9.90 Å². The van der Waals surface area contributed by atoms with Gasteiger partial charge in [0.1, 0.15) is 17.1 Å². The Hall–Kier alpha value is -2.73. The number of nitrogens with one attached hydrogen (secondary N) is 1. The summed E-state index contributed by atoms with van der Waals surface area (Å²) < 4.78 is 16.7. The lowest BCUT2D eigenvalue weighted by atomic mass is 9.94. The molecule has 6 nitrogen and oxygen atoms in total. The number of rotatable bonds is 11. The van der Waals surface area contributed by atoms with E-state index in [0.29, 0.717) is 26.1 Å². The number of benzene rings is 2. The number of aryl methyl sites for hydroxylation is 1. The Bertz CT molecular complexity index is 786. The van der Waals surface area contributed by atoms with Crippen molar-refractivity contribution >= 4 is 6.09 Å². The van der Waals surface area contributed by atoms with E-state index in [1.807, 2.05) is 82.3 Å². The molecule has 1 atom stereocenters. The SMILES string of the molecule is CC(CO)(CCc1ccc(OCCCOc2ccccc2)cc1)NC(=O)OC(C)(C)C. The van der Waals surface area contributed by atoms with Crippen LogP contribution in [0.4, 0.5) is 4.79 Å². The summed E-state index contributed by atoms with van der Waals surface area (Å²) in [5.41, 5.74) is -0.231. The highest BCUT2D eigenvalue weighted by Gasteiger charge is 2.28. The summed E-state index contributed by atoms with van der Waals surface area (Å²) in [6.45, 7) is 8.25. The van der Waals surface area contributed by atoms with E-state index in [0.717, 1.165) is 23.5 Å². The molecular weight excluding hydrogens is 394 g/mol. The number of carbonyl (C=O) groups excluding carboxylic acids is 1. The summed E-state index contributed by atoms with van der Waals surface area (Å²) in [6, 6.07) is 17.6. The average Bonchev–Trinajstić information content (AvgIpc) is 2.72. The number of hydrogen-bond acceptors (Lipinski definition) is 5. The summed E-state index contributed by atoms with van der Waals surface area (Å²) in [5, 5.41) is 12.6. The van der Waals surface area contributed by atoms with Crippen LogP contribution in [0.1, 0.15) is 46.1 Å². The van der Waals surface area contributed by atoms with Crippen LogP contribution in [-0.4, -0.2) is 42.2 Å². The second kappa shape index (κ2) is 11.6. The maximum absolute atomic E-state index is 12.0. The van der Waals surface area contributed by atoms with Gasteiger partial charge in [-0.25, -0.2) is 4.79 Å². The molecule has 0 saturated heterocycles. The van der Waals surface area contributed by atoms with Crippen LogP contribution in [0.15, 0.2) is 54.6 Å². The monoisotopic (exact) mass is 429 g/mol. The van der Waals surface area contributed by atoms with Crippen molar-refractivity contribution in [3.8, 4) is 11.5 Å². The van der Waals surface area contributed by atoms with E-state index < -0.39 is 17.2 Å². The first-order valence-corrected chi connectivity index (χ1v) is 10.7. The molecule has 0 saturated carbocycles. The molecule has 0 aliphatic carbocycles. The van der Waals surface area contributed by atoms with Crippen LogP contribution in [0.3, 0.4) is 0 Å². The fourth-order valence-corrected chi connectivity index (χ4v) is 2.86. The number of hydrogen-bond donors (Lipinski definition) is 2. The van der Waals surface area contributed by atoms with Gasteiger partial charge < -0.3 is 24.6 Å². The van der Waals surface area contributed by atoms with Crippen LogP contribution < -0.4 is 14.8 Å². The van der Waals surface area contributed by atoms with Gasteiger partial charge in [-0.1, -0.05) is 30.3 Å². The molecule has 0 radical (unpaired) electrons. The van der Waals surface area contributed by atoms with Crippen LogP contribution in [0.5, 0.6) is 11.5 Å². The molecule has 1 unspecified atom stereocenters. The van der Waals surface area contributed by atoms with Crippen LogP contribution in [0, 0.1) is 0 Å².